The Labute approximate surface area is 91.9 Å². The Morgan fingerprint density at radius 2 is 1.87 bits per heavy atom. The summed E-state index contributed by atoms with van der Waals surface area (Å²) in [5.74, 6) is 0.214. The molecule has 1 rings (SSSR count). The predicted octanol–water partition coefficient (Wildman–Crippen LogP) is 2.60. The number of hydrogen-bond acceptors (Lipinski definition) is 2. The maximum atomic E-state index is 11.8. The van der Waals surface area contributed by atoms with Crippen molar-refractivity contribution in [1.29, 1.82) is 0 Å². The average Bonchev–Trinajstić information content (AvgIpc) is 2.29. The molecular weight excluding hydrogens is 186 g/mol. The zero-order valence-electron chi connectivity index (χ0n) is 9.57. The van der Waals surface area contributed by atoms with Crippen molar-refractivity contribution in [1.82, 2.24) is 4.90 Å². The Morgan fingerprint density at radius 3 is 2.40 bits per heavy atom. The molecule has 0 aliphatic rings. The van der Waals surface area contributed by atoms with Crippen LogP contribution in [0.5, 0.6) is 0 Å². The first-order valence-corrected chi connectivity index (χ1v) is 5.58. The van der Waals surface area contributed by atoms with Crippen molar-refractivity contribution in [2.45, 2.75) is 20.3 Å². The van der Waals surface area contributed by atoms with E-state index >= 15 is 0 Å². The van der Waals surface area contributed by atoms with Crippen LogP contribution < -0.4 is 0 Å². The topological polar surface area (TPSA) is 20.3 Å². The highest BCUT2D eigenvalue weighted by atomic mass is 16.1. The summed E-state index contributed by atoms with van der Waals surface area (Å²) in [7, 11) is 0. The molecule has 15 heavy (non-hydrogen) atoms. The molecule has 0 radical (unpaired) electrons. The van der Waals surface area contributed by atoms with E-state index in [0.717, 1.165) is 25.1 Å². The molecule has 0 aromatic heterocycles. The lowest BCUT2D eigenvalue weighted by Crippen LogP contribution is -2.30. The quantitative estimate of drug-likeness (QED) is 0.665. The summed E-state index contributed by atoms with van der Waals surface area (Å²) in [6.45, 7) is 6.69. The van der Waals surface area contributed by atoms with Crippen molar-refractivity contribution < 1.29 is 4.79 Å². The van der Waals surface area contributed by atoms with Crippen LogP contribution in [-0.4, -0.2) is 30.3 Å². The number of Topliss-reactive ketones (excluding diaryl/α,β-unsaturated/α-hetero) is 1. The molecule has 0 amide bonds. The van der Waals surface area contributed by atoms with E-state index < -0.39 is 0 Å². The highest BCUT2D eigenvalue weighted by Gasteiger charge is 2.09. The monoisotopic (exact) mass is 205 g/mol. The van der Waals surface area contributed by atoms with E-state index in [2.05, 4.69) is 18.7 Å². The van der Waals surface area contributed by atoms with Crippen molar-refractivity contribution >= 4 is 5.78 Å². The molecule has 0 unspecified atom stereocenters. The summed E-state index contributed by atoms with van der Waals surface area (Å²) >= 11 is 0. The van der Waals surface area contributed by atoms with Gasteiger partial charge in [-0.2, -0.15) is 0 Å². The van der Waals surface area contributed by atoms with Crippen molar-refractivity contribution in [3.63, 3.8) is 0 Å². The van der Waals surface area contributed by atoms with E-state index in [0.29, 0.717) is 6.54 Å². The Morgan fingerprint density at radius 1 is 1.20 bits per heavy atom. The maximum absolute atomic E-state index is 11.8. The van der Waals surface area contributed by atoms with Crippen molar-refractivity contribution in [3.8, 4) is 0 Å². The van der Waals surface area contributed by atoms with Crippen molar-refractivity contribution in [2.24, 2.45) is 0 Å². The van der Waals surface area contributed by atoms with Crippen LogP contribution in [0.25, 0.3) is 0 Å². The maximum Gasteiger partial charge on any atom is 0.176 e. The number of nitrogens with zero attached hydrogens (tertiary/aromatic N) is 1. The van der Waals surface area contributed by atoms with Gasteiger partial charge in [-0.1, -0.05) is 44.2 Å². The third kappa shape index (κ3) is 3.84. The average molecular weight is 205 g/mol. The molecular formula is C13H19NO. The Balaban J connectivity index is 2.55. The third-order valence-corrected chi connectivity index (χ3v) is 2.45. The number of likely N-dealkylation sites (N-methyl/N-ethyl adjacent to an activating group) is 1. The number of rotatable bonds is 6. The van der Waals surface area contributed by atoms with Crippen LogP contribution >= 0.6 is 0 Å². The predicted molar refractivity (Wildman–Crippen MR) is 63.2 cm³/mol. The van der Waals surface area contributed by atoms with Gasteiger partial charge in [0, 0.05) is 5.56 Å². The van der Waals surface area contributed by atoms with Gasteiger partial charge >= 0.3 is 0 Å². The number of carbonyl (C=O) groups excluding carboxylic acids is 1. The summed E-state index contributed by atoms with van der Waals surface area (Å²) in [6, 6.07) is 9.50. The molecule has 0 spiro atoms. The molecule has 0 fully saturated rings. The van der Waals surface area contributed by atoms with Gasteiger partial charge < -0.3 is 0 Å². The Bertz CT molecular complexity index is 295. The summed E-state index contributed by atoms with van der Waals surface area (Å²) in [5, 5.41) is 0. The molecule has 1 aromatic rings. The second-order valence-corrected chi connectivity index (χ2v) is 3.66. The molecule has 0 N–H and O–H groups in total. The van der Waals surface area contributed by atoms with E-state index in [-0.39, 0.29) is 5.78 Å². The van der Waals surface area contributed by atoms with Gasteiger partial charge in [0.05, 0.1) is 6.54 Å². The largest absolute Gasteiger partial charge is 0.296 e. The SMILES string of the molecule is CCCN(CC)CC(=O)c1ccccc1. The van der Waals surface area contributed by atoms with E-state index in [1.54, 1.807) is 0 Å². The van der Waals surface area contributed by atoms with Crippen LogP contribution in [0.2, 0.25) is 0 Å². The second-order valence-electron chi connectivity index (χ2n) is 3.66. The highest BCUT2D eigenvalue weighted by molar-refractivity contribution is 5.97. The molecule has 0 atom stereocenters. The molecule has 0 aliphatic carbocycles. The number of benzene rings is 1. The van der Waals surface area contributed by atoms with Crippen molar-refractivity contribution in [2.75, 3.05) is 19.6 Å². The van der Waals surface area contributed by atoms with E-state index in [9.17, 15) is 4.79 Å². The molecule has 0 aliphatic heterocycles. The van der Waals surface area contributed by atoms with Gasteiger partial charge in [-0.3, -0.25) is 9.69 Å². The molecule has 82 valence electrons. The lowest BCUT2D eigenvalue weighted by molar-refractivity contribution is 0.0934. The van der Waals surface area contributed by atoms with Crippen LogP contribution in [0.4, 0.5) is 0 Å². The van der Waals surface area contributed by atoms with Gasteiger partial charge in [-0.05, 0) is 19.5 Å². The van der Waals surface area contributed by atoms with Gasteiger partial charge in [0.2, 0.25) is 0 Å². The second kappa shape index (κ2) is 6.36. The normalized spacial score (nSPS) is 10.6. The summed E-state index contributed by atoms with van der Waals surface area (Å²) < 4.78 is 0. The fourth-order valence-corrected chi connectivity index (χ4v) is 1.58. The number of ketones is 1. The van der Waals surface area contributed by atoms with Crippen LogP contribution in [0.3, 0.4) is 0 Å². The molecule has 0 saturated heterocycles. The van der Waals surface area contributed by atoms with Gasteiger partial charge in [0.15, 0.2) is 5.78 Å². The first-order chi connectivity index (χ1) is 7.27. The first kappa shape index (κ1) is 11.9. The molecule has 2 heteroatoms. The fraction of sp³-hybridized carbons (Fsp3) is 0.462. The standard InChI is InChI=1S/C13H19NO/c1-3-10-14(4-2)11-13(15)12-8-6-5-7-9-12/h5-9H,3-4,10-11H2,1-2H3. The van der Waals surface area contributed by atoms with Gasteiger partial charge in [-0.15, -0.1) is 0 Å². The highest BCUT2D eigenvalue weighted by Crippen LogP contribution is 2.02. The molecule has 0 bridgehead atoms. The molecule has 0 saturated carbocycles. The fourth-order valence-electron chi connectivity index (χ4n) is 1.58. The summed E-state index contributed by atoms with van der Waals surface area (Å²) in [4.78, 5) is 14.0. The van der Waals surface area contributed by atoms with Crippen LogP contribution in [0, 0.1) is 0 Å². The van der Waals surface area contributed by atoms with Crippen LogP contribution in [0.15, 0.2) is 30.3 Å². The zero-order valence-corrected chi connectivity index (χ0v) is 9.57. The van der Waals surface area contributed by atoms with Gasteiger partial charge in [0.25, 0.3) is 0 Å². The minimum atomic E-state index is 0.214. The van der Waals surface area contributed by atoms with Crippen LogP contribution in [-0.2, 0) is 0 Å². The van der Waals surface area contributed by atoms with E-state index in [1.165, 1.54) is 0 Å². The number of carbonyl (C=O) groups is 1. The lowest BCUT2D eigenvalue weighted by Gasteiger charge is -2.18. The van der Waals surface area contributed by atoms with E-state index in [1.807, 2.05) is 30.3 Å². The third-order valence-electron chi connectivity index (χ3n) is 2.45. The Hall–Kier alpha value is -1.15. The lowest BCUT2D eigenvalue weighted by atomic mass is 10.1. The van der Waals surface area contributed by atoms with E-state index in [4.69, 9.17) is 0 Å². The zero-order chi connectivity index (χ0) is 11.1. The van der Waals surface area contributed by atoms with Gasteiger partial charge in [0.1, 0.15) is 0 Å². The van der Waals surface area contributed by atoms with Gasteiger partial charge in [-0.25, -0.2) is 0 Å². The molecule has 2 nitrogen and oxygen atoms in total. The van der Waals surface area contributed by atoms with Crippen molar-refractivity contribution in [3.05, 3.63) is 35.9 Å². The molecule has 1 aromatic carbocycles. The number of hydrogen-bond donors (Lipinski definition) is 0. The first-order valence-electron chi connectivity index (χ1n) is 5.58. The minimum absolute atomic E-state index is 0.214. The smallest absolute Gasteiger partial charge is 0.176 e. The summed E-state index contributed by atoms with van der Waals surface area (Å²) in [5.41, 5.74) is 0.812. The molecule has 0 heterocycles. The van der Waals surface area contributed by atoms with Crippen LogP contribution in [0.1, 0.15) is 30.6 Å². The summed E-state index contributed by atoms with van der Waals surface area (Å²) in [6.07, 6.45) is 1.09. The minimum Gasteiger partial charge on any atom is -0.296 e. The Kier molecular flexibility index (Phi) is 5.05.